The zero-order valence-corrected chi connectivity index (χ0v) is 12.7. The number of amides is 1. The Morgan fingerprint density at radius 1 is 1.39 bits per heavy atom. The summed E-state index contributed by atoms with van der Waals surface area (Å²) >= 11 is 0.942. The molecule has 3 rings (SSSR count). The molecule has 1 N–H and O–H groups in total. The van der Waals surface area contributed by atoms with Crippen LogP contribution >= 0.6 is 11.3 Å². The molecule has 1 aliphatic rings. The number of benzene rings is 1. The molecule has 8 heteroatoms. The highest BCUT2D eigenvalue weighted by molar-refractivity contribution is 7.09. The number of thiazole rings is 1. The van der Waals surface area contributed by atoms with Crippen LogP contribution in [-0.2, 0) is 17.4 Å². The predicted octanol–water partition coefficient (Wildman–Crippen LogP) is 3.00. The highest BCUT2D eigenvalue weighted by atomic mass is 32.1. The van der Waals surface area contributed by atoms with E-state index in [2.05, 4.69) is 10.3 Å². The van der Waals surface area contributed by atoms with E-state index in [1.54, 1.807) is 6.07 Å². The Balaban J connectivity index is 1.53. The Bertz CT molecular complexity index is 715. The Hall–Kier alpha value is -2.09. The lowest BCUT2D eigenvalue weighted by molar-refractivity contribution is -0.140. The number of halogens is 3. The van der Waals surface area contributed by atoms with Crippen molar-refractivity contribution < 1.29 is 22.7 Å². The first kappa shape index (κ1) is 15.8. The number of hydrogen-bond acceptors (Lipinski definition) is 4. The number of alkyl halides is 3. The molecule has 0 spiro atoms. The molecule has 122 valence electrons. The van der Waals surface area contributed by atoms with Gasteiger partial charge >= 0.3 is 6.18 Å². The molecule has 1 aromatic carbocycles. The molecule has 2 aromatic rings. The number of para-hydroxylation sites is 1. The SMILES string of the molecule is O=C(NCCc1nc(C(F)(F)F)cs1)[C@H]1COc2ccccc21. The second kappa shape index (κ2) is 6.19. The summed E-state index contributed by atoms with van der Waals surface area (Å²) < 4.78 is 42.8. The third-order valence-corrected chi connectivity index (χ3v) is 4.41. The number of fused-ring (bicyclic) bond motifs is 1. The minimum Gasteiger partial charge on any atom is -0.492 e. The van der Waals surface area contributed by atoms with Gasteiger partial charge in [0.2, 0.25) is 5.91 Å². The zero-order chi connectivity index (χ0) is 16.4. The normalized spacial score (nSPS) is 16.7. The maximum Gasteiger partial charge on any atom is 0.434 e. The van der Waals surface area contributed by atoms with Crippen LogP contribution in [0.5, 0.6) is 5.75 Å². The molecule has 4 nitrogen and oxygen atoms in total. The summed E-state index contributed by atoms with van der Waals surface area (Å²) in [5.74, 6) is 0.123. The van der Waals surface area contributed by atoms with E-state index in [9.17, 15) is 18.0 Å². The van der Waals surface area contributed by atoms with E-state index in [-0.39, 0.29) is 31.4 Å². The van der Waals surface area contributed by atoms with Crippen molar-refractivity contribution in [2.45, 2.75) is 18.5 Å². The van der Waals surface area contributed by atoms with E-state index in [1.165, 1.54) is 0 Å². The number of hydrogen-bond donors (Lipinski definition) is 1. The number of carbonyl (C=O) groups is 1. The summed E-state index contributed by atoms with van der Waals surface area (Å²) in [6.07, 6.45) is -4.16. The van der Waals surface area contributed by atoms with Crippen molar-refractivity contribution in [1.82, 2.24) is 10.3 Å². The maximum absolute atomic E-state index is 12.5. The first-order valence-electron chi connectivity index (χ1n) is 6.96. The fourth-order valence-electron chi connectivity index (χ4n) is 2.35. The lowest BCUT2D eigenvalue weighted by Gasteiger charge is -2.09. The fourth-order valence-corrected chi connectivity index (χ4v) is 3.16. The Labute approximate surface area is 134 Å². The number of carbonyl (C=O) groups excluding carboxylic acids is 1. The van der Waals surface area contributed by atoms with Crippen LogP contribution in [0.25, 0.3) is 0 Å². The van der Waals surface area contributed by atoms with Crippen molar-refractivity contribution in [2.75, 3.05) is 13.2 Å². The molecule has 0 fully saturated rings. The molecule has 0 bridgehead atoms. The van der Waals surface area contributed by atoms with E-state index >= 15 is 0 Å². The van der Waals surface area contributed by atoms with Crippen molar-refractivity contribution in [3.8, 4) is 5.75 Å². The number of nitrogens with one attached hydrogen (secondary N) is 1. The van der Waals surface area contributed by atoms with Gasteiger partial charge in [0.05, 0.1) is 5.01 Å². The van der Waals surface area contributed by atoms with Gasteiger partial charge in [-0.25, -0.2) is 4.98 Å². The molecule has 0 saturated carbocycles. The van der Waals surface area contributed by atoms with Crippen LogP contribution in [-0.4, -0.2) is 24.0 Å². The lowest BCUT2D eigenvalue weighted by Crippen LogP contribution is -2.31. The molecule has 2 heterocycles. The van der Waals surface area contributed by atoms with Crippen LogP contribution in [0.15, 0.2) is 29.6 Å². The third-order valence-electron chi connectivity index (χ3n) is 3.50. The van der Waals surface area contributed by atoms with Gasteiger partial charge in [-0.3, -0.25) is 4.79 Å². The van der Waals surface area contributed by atoms with Crippen LogP contribution < -0.4 is 10.1 Å². The quantitative estimate of drug-likeness (QED) is 0.929. The maximum atomic E-state index is 12.5. The second-order valence-electron chi connectivity index (χ2n) is 5.07. The number of rotatable bonds is 4. The molecule has 1 amide bonds. The van der Waals surface area contributed by atoms with Gasteiger partial charge in [0, 0.05) is 23.9 Å². The van der Waals surface area contributed by atoms with Crippen molar-refractivity contribution in [2.24, 2.45) is 0 Å². The van der Waals surface area contributed by atoms with Crippen molar-refractivity contribution in [3.05, 3.63) is 45.9 Å². The van der Waals surface area contributed by atoms with Gasteiger partial charge < -0.3 is 10.1 Å². The van der Waals surface area contributed by atoms with Gasteiger partial charge in [0.15, 0.2) is 5.69 Å². The van der Waals surface area contributed by atoms with E-state index in [4.69, 9.17) is 4.74 Å². The molecule has 1 atom stereocenters. The van der Waals surface area contributed by atoms with E-state index in [1.807, 2.05) is 18.2 Å². The average Bonchev–Trinajstić information content (AvgIpc) is 3.13. The van der Waals surface area contributed by atoms with Crippen molar-refractivity contribution in [1.29, 1.82) is 0 Å². The molecule has 0 saturated heterocycles. The summed E-state index contributed by atoms with van der Waals surface area (Å²) in [6, 6.07) is 7.31. The monoisotopic (exact) mass is 342 g/mol. The molecule has 1 aliphatic heterocycles. The molecule has 23 heavy (non-hydrogen) atoms. The standard InChI is InChI=1S/C15H13F3N2O2S/c16-15(17,18)12-8-23-13(20-12)5-6-19-14(21)10-7-22-11-4-2-1-3-9(10)11/h1-4,8,10H,5-7H2,(H,19,21)/t10-/m0/s1. The summed E-state index contributed by atoms with van der Waals surface area (Å²) in [4.78, 5) is 15.7. The summed E-state index contributed by atoms with van der Waals surface area (Å²) in [7, 11) is 0. The van der Waals surface area contributed by atoms with E-state index in [0.29, 0.717) is 10.8 Å². The summed E-state index contributed by atoms with van der Waals surface area (Å²) in [5, 5.41) is 4.06. The molecular formula is C15H13F3N2O2S. The fraction of sp³-hybridized carbons (Fsp3) is 0.333. The second-order valence-corrected chi connectivity index (χ2v) is 6.01. The van der Waals surface area contributed by atoms with Gasteiger partial charge in [-0.05, 0) is 6.07 Å². The van der Waals surface area contributed by atoms with Gasteiger partial charge in [0.25, 0.3) is 0 Å². The Morgan fingerprint density at radius 2 is 2.17 bits per heavy atom. The molecule has 1 aromatic heterocycles. The van der Waals surface area contributed by atoms with E-state index in [0.717, 1.165) is 22.3 Å². The molecular weight excluding hydrogens is 329 g/mol. The molecule has 0 aliphatic carbocycles. The summed E-state index contributed by atoms with van der Waals surface area (Å²) in [5.41, 5.74) is -0.0550. The Kier molecular flexibility index (Phi) is 4.25. The Morgan fingerprint density at radius 3 is 2.91 bits per heavy atom. The molecule has 0 radical (unpaired) electrons. The predicted molar refractivity (Wildman–Crippen MR) is 78.5 cm³/mol. The third kappa shape index (κ3) is 3.47. The highest BCUT2D eigenvalue weighted by Gasteiger charge is 2.33. The van der Waals surface area contributed by atoms with Crippen LogP contribution in [0, 0.1) is 0 Å². The largest absolute Gasteiger partial charge is 0.492 e. The highest BCUT2D eigenvalue weighted by Crippen LogP contribution is 2.33. The minimum absolute atomic E-state index is 0.192. The first-order valence-corrected chi connectivity index (χ1v) is 7.84. The number of aromatic nitrogens is 1. The lowest BCUT2D eigenvalue weighted by atomic mass is 10.0. The van der Waals surface area contributed by atoms with Gasteiger partial charge in [0.1, 0.15) is 18.3 Å². The summed E-state index contributed by atoms with van der Waals surface area (Å²) in [6.45, 7) is 0.517. The average molecular weight is 342 g/mol. The number of ether oxygens (including phenoxy) is 1. The molecule has 0 unspecified atom stereocenters. The zero-order valence-electron chi connectivity index (χ0n) is 11.9. The van der Waals surface area contributed by atoms with Crippen molar-refractivity contribution in [3.63, 3.8) is 0 Å². The van der Waals surface area contributed by atoms with Crippen LogP contribution in [0.2, 0.25) is 0 Å². The van der Waals surface area contributed by atoms with Gasteiger partial charge in [-0.15, -0.1) is 11.3 Å². The van der Waals surface area contributed by atoms with Crippen LogP contribution in [0.4, 0.5) is 13.2 Å². The van der Waals surface area contributed by atoms with Gasteiger partial charge in [-0.2, -0.15) is 13.2 Å². The first-order chi connectivity index (χ1) is 10.9. The minimum atomic E-state index is -4.43. The number of nitrogens with zero attached hydrogens (tertiary/aromatic N) is 1. The van der Waals surface area contributed by atoms with Gasteiger partial charge in [-0.1, -0.05) is 18.2 Å². The smallest absolute Gasteiger partial charge is 0.434 e. The topological polar surface area (TPSA) is 51.2 Å². The van der Waals surface area contributed by atoms with Crippen LogP contribution in [0.3, 0.4) is 0 Å². The van der Waals surface area contributed by atoms with Crippen molar-refractivity contribution >= 4 is 17.2 Å². The van der Waals surface area contributed by atoms with E-state index < -0.39 is 11.9 Å². The van der Waals surface area contributed by atoms with Crippen LogP contribution in [0.1, 0.15) is 22.2 Å².